The highest BCUT2D eigenvalue weighted by Gasteiger charge is 2.15. The molecule has 0 fully saturated rings. The van der Waals surface area contributed by atoms with E-state index in [-0.39, 0.29) is 23.5 Å². The number of carbonyl (C=O) groups is 2. The van der Waals surface area contributed by atoms with Crippen LogP contribution >= 0.6 is 11.8 Å². The van der Waals surface area contributed by atoms with Crippen molar-refractivity contribution in [2.45, 2.75) is 38.4 Å². The Balaban J connectivity index is 1.95. The van der Waals surface area contributed by atoms with Crippen molar-refractivity contribution in [1.29, 1.82) is 0 Å². The molecule has 8 heteroatoms. The molecular weight excluding hydrogens is 364 g/mol. The molecule has 0 saturated carbocycles. The van der Waals surface area contributed by atoms with Crippen LogP contribution in [0.15, 0.2) is 42.1 Å². The summed E-state index contributed by atoms with van der Waals surface area (Å²) in [6, 6.07) is 6.59. The first-order valence-electron chi connectivity index (χ1n) is 8.70. The van der Waals surface area contributed by atoms with E-state index in [9.17, 15) is 9.59 Å². The molecule has 7 nitrogen and oxygen atoms in total. The maximum atomic E-state index is 12.2. The Morgan fingerprint density at radius 2 is 2.00 bits per heavy atom. The van der Waals surface area contributed by atoms with Gasteiger partial charge in [0.1, 0.15) is 5.82 Å². The van der Waals surface area contributed by atoms with Crippen molar-refractivity contribution in [3.8, 4) is 0 Å². The predicted molar refractivity (Wildman–Crippen MR) is 106 cm³/mol. The second-order valence-corrected chi connectivity index (χ2v) is 6.97. The van der Waals surface area contributed by atoms with Crippen LogP contribution in [0.25, 0.3) is 0 Å². The largest absolute Gasteiger partial charge is 0.462 e. The van der Waals surface area contributed by atoms with Crippen molar-refractivity contribution in [3.63, 3.8) is 0 Å². The van der Waals surface area contributed by atoms with Crippen LogP contribution in [0.2, 0.25) is 0 Å². The molecule has 144 valence electrons. The van der Waals surface area contributed by atoms with Crippen LogP contribution in [0.1, 0.15) is 42.9 Å². The van der Waals surface area contributed by atoms with E-state index in [1.807, 2.05) is 18.4 Å². The number of aromatic nitrogens is 3. The second-order valence-electron chi connectivity index (χ2n) is 6.03. The minimum absolute atomic E-state index is 0.164. The summed E-state index contributed by atoms with van der Waals surface area (Å²) < 4.78 is 6.90. The molecular formula is C19H24N4O3S. The molecule has 0 saturated heterocycles. The molecule has 1 aromatic carbocycles. The van der Waals surface area contributed by atoms with Gasteiger partial charge in [0.2, 0.25) is 5.91 Å². The molecule has 0 atom stereocenters. The maximum absolute atomic E-state index is 12.2. The summed E-state index contributed by atoms with van der Waals surface area (Å²) >= 11 is 1.32. The Bertz CT molecular complexity index is 800. The number of anilines is 1. The molecule has 1 N–H and O–H groups in total. The lowest BCUT2D eigenvalue weighted by molar-refractivity contribution is -0.113. The van der Waals surface area contributed by atoms with Gasteiger partial charge in [0.05, 0.1) is 17.9 Å². The third kappa shape index (κ3) is 5.68. The Morgan fingerprint density at radius 3 is 2.59 bits per heavy atom. The van der Waals surface area contributed by atoms with E-state index >= 15 is 0 Å². The average molecular weight is 388 g/mol. The van der Waals surface area contributed by atoms with Crippen molar-refractivity contribution >= 4 is 29.3 Å². The molecule has 0 spiro atoms. The topological polar surface area (TPSA) is 86.1 Å². The van der Waals surface area contributed by atoms with Crippen molar-refractivity contribution in [2.75, 3.05) is 17.7 Å². The highest BCUT2D eigenvalue weighted by atomic mass is 32.2. The van der Waals surface area contributed by atoms with Crippen molar-refractivity contribution < 1.29 is 14.3 Å². The molecule has 2 rings (SSSR count). The molecule has 2 aromatic rings. The minimum atomic E-state index is -0.381. The zero-order chi connectivity index (χ0) is 19.8. The molecule has 1 amide bonds. The standard InChI is InChI=1S/C19H24N4O3S/c1-5-11-23-17(13(3)4)21-22-19(23)27-12-16(24)20-15-9-7-14(8-10-15)18(25)26-6-2/h5,7-10,13H,1,6,11-12H2,2-4H3,(H,20,24). The third-order valence-electron chi connectivity index (χ3n) is 3.59. The zero-order valence-electron chi connectivity index (χ0n) is 15.8. The summed E-state index contributed by atoms with van der Waals surface area (Å²) in [5.74, 6) is 0.759. The first-order chi connectivity index (χ1) is 13.0. The first-order valence-corrected chi connectivity index (χ1v) is 9.68. The third-order valence-corrected chi connectivity index (χ3v) is 4.55. The highest BCUT2D eigenvalue weighted by Crippen LogP contribution is 2.21. The van der Waals surface area contributed by atoms with Gasteiger partial charge in [0, 0.05) is 18.2 Å². The van der Waals surface area contributed by atoms with Crippen molar-refractivity contribution in [2.24, 2.45) is 0 Å². The Kier molecular flexibility index (Phi) is 7.60. The fraction of sp³-hybridized carbons (Fsp3) is 0.368. The van der Waals surface area contributed by atoms with Gasteiger partial charge in [0.25, 0.3) is 0 Å². The molecule has 0 radical (unpaired) electrons. The number of nitrogens with zero attached hydrogens (tertiary/aromatic N) is 3. The predicted octanol–water partition coefficient (Wildman–Crippen LogP) is 3.50. The first kappa shape index (κ1) is 20.7. The number of hydrogen-bond acceptors (Lipinski definition) is 6. The fourth-order valence-electron chi connectivity index (χ4n) is 2.37. The van der Waals surface area contributed by atoms with E-state index in [1.165, 1.54) is 11.8 Å². The monoisotopic (exact) mass is 388 g/mol. The number of allylic oxidation sites excluding steroid dienone is 1. The van der Waals surface area contributed by atoms with E-state index in [1.54, 1.807) is 37.3 Å². The van der Waals surface area contributed by atoms with Gasteiger partial charge in [-0.15, -0.1) is 16.8 Å². The van der Waals surface area contributed by atoms with Crippen molar-refractivity contribution in [3.05, 3.63) is 48.3 Å². The summed E-state index contributed by atoms with van der Waals surface area (Å²) in [4.78, 5) is 23.9. The number of nitrogens with one attached hydrogen (secondary N) is 1. The number of carbonyl (C=O) groups excluding carboxylic acids is 2. The number of thioether (sulfide) groups is 1. The summed E-state index contributed by atoms with van der Waals surface area (Å²) in [6.07, 6.45) is 1.78. The van der Waals surface area contributed by atoms with Crippen LogP contribution in [0.4, 0.5) is 5.69 Å². The van der Waals surface area contributed by atoms with Gasteiger partial charge < -0.3 is 14.6 Å². The minimum Gasteiger partial charge on any atom is -0.462 e. The number of amides is 1. The number of ether oxygens (including phenoxy) is 1. The maximum Gasteiger partial charge on any atom is 0.338 e. The number of rotatable bonds is 9. The van der Waals surface area contributed by atoms with Gasteiger partial charge >= 0.3 is 5.97 Å². The summed E-state index contributed by atoms with van der Waals surface area (Å²) in [5, 5.41) is 11.9. The zero-order valence-corrected chi connectivity index (χ0v) is 16.6. The van der Waals surface area contributed by atoms with Crippen LogP contribution < -0.4 is 5.32 Å². The van der Waals surface area contributed by atoms with E-state index in [0.717, 1.165) is 5.82 Å². The molecule has 27 heavy (non-hydrogen) atoms. The lowest BCUT2D eigenvalue weighted by atomic mass is 10.2. The lowest BCUT2D eigenvalue weighted by Gasteiger charge is -2.10. The Morgan fingerprint density at radius 1 is 1.30 bits per heavy atom. The Hall–Kier alpha value is -2.61. The summed E-state index contributed by atoms with van der Waals surface area (Å²) in [7, 11) is 0. The molecule has 1 aromatic heterocycles. The normalized spacial score (nSPS) is 10.7. The van der Waals surface area contributed by atoms with Gasteiger partial charge in [-0.25, -0.2) is 4.79 Å². The van der Waals surface area contributed by atoms with Gasteiger partial charge in [-0.2, -0.15) is 0 Å². The van der Waals surface area contributed by atoms with Crippen LogP contribution in [-0.4, -0.2) is 39.0 Å². The number of benzene rings is 1. The molecule has 1 heterocycles. The van der Waals surface area contributed by atoms with Gasteiger partial charge in [-0.3, -0.25) is 4.79 Å². The van der Waals surface area contributed by atoms with Gasteiger partial charge in [0.15, 0.2) is 5.16 Å². The van der Waals surface area contributed by atoms with Crippen molar-refractivity contribution in [1.82, 2.24) is 14.8 Å². The highest BCUT2D eigenvalue weighted by molar-refractivity contribution is 7.99. The smallest absolute Gasteiger partial charge is 0.338 e. The second kappa shape index (κ2) is 9.91. The SMILES string of the molecule is C=CCn1c(SCC(=O)Nc2ccc(C(=O)OCC)cc2)nnc1C(C)C. The van der Waals surface area contributed by atoms with E-state index in [0.29, 0.717) is 29.6 Å². The van der Waals surface area contributed by atoms with E-state index in [4.69, 9.17) is 4.74 Å². The molecule has 0 unspecified atom stereocenters. The molecule has 0 aliphatic rings. The molecule has 0 aliphatic carbocycles. The van der Waals surface area contributed by atoms with Crippen LogP contribution in [-0.2, 0) is 16.1 Å². The number of hydrogen-bond donors (Lipinski definition) is 1. The van der Waals surface area contributed by atoms with E-state index < -0.39 is 0 Å². The van der Waals surface area contributed by atoms with Crippen LogP contribution in [0, 0.1) is 0 Å². The Labute approximate surface area is 163 Å². The summed E-state index contributed by atoms with van der Waals surface area (Å²) in [6.45, 7) is 10.5. The fourth-order valence-corrected chi connectivity index (χ4v) is 3.12. The van der Waals surface area contributed by atoms with Crippen LogP contribution in [0.3, 0.4) is 0 Å². The molecule has 0 aliphatic heterocycles. The van der Waals surface area contributed by atoms with Gasteiger partial charge in [-0.1, -0.05) is 31.7 Å². The quantitative estimate of drug-likeness (QED) is 0.402. The van der Waals surface area contributed by atoms with Gasteiger partial charge in [-0.05, 0) is 31.2 Å². The summed E-state index contributed by atoms with van der Waals surface area (Å²) in [5.41, 5.74) is 1.06. The average Bonchev–Trinajstić information content (AvgIpc) is 3.04. The lowest BCUT2D eigenvalue weighted by Crippen LogP contribution is -2.15. The number of esters is 1. The molecule has 0 bridgehead atoms. The van der Waals surface area contributed by atoms with E-state index in [2.05, 4.69) is 22.1 Å². The van der Waals surface area contributed by atoms with Crippen LogP contribution in [0.5, 0.6) is 0 Å².